The molecule has 1 heterocycles. The zero-order valence-corrected chi connectivity index (χ0v) is 10.4. The standard InChI is InChI=1S/C10H16ClN3S/c1-7-13-10(15-14-7)12-6-9-4-2-3-8(9)5-11/h8-9H,2-6H2,1H3,(H,12,13,14). The van der Waals surface area contributed by atoms with Gasteiger partial charge in [0.05, 0.1) is 0 Å². The first-order chi connectivity index (χ1) is 7.29. The quantitative estimate of drug-likeness (QED) is 0.829. The topological polar surface area (TPSA) is 37.8 Å². The Labute approximate surface area is 99.4 Å². The minimum absolute atomic E-state index is 0.688. The third-order valence-corrected chi connectivity index (χ3v) is 4.22. The molecular weight excluding hydrogens is 230 g/mol. The molecule has 1 N–H and O–H groups in total. The monoisotopic (exact) mass is 245 g/mol. The molecule has 2 atom stereocenters. The first kappa shape index (κ1) is 11.1. The van der Waals surface area contributed by atoms with Crippen LogP contribution in [0.5, 0.6) is 0 Å². The fourth-order valence-corrected chi connectivity index (χ4v) is 3.16. The lowest BCUT2D eigenvalue weighted by Gasteiger charge is -2.16. The van der Waals surface area contributed by atoms with E-state index in [1.807, 2.05) is 6.92 Å². The van der Waals surface area contributed by atoms with Gasteiger partial charge in [0.15, 0.2) is 0 Å². The molecule has 0 radical (unpaired) electrons. The van der Waals surface area contributed by atoms with Crippen LogP contribution in [0.4, 0.5) is 5.13 Å². The number of rotatable bonds is 4. The van der Waals surface area contributed by atoms with E-state index in [1.54, 1.807) is 0 Å². The third-order valence-electron chi connectivity index (χ3n) is 3.06. The maximum atomic E-state index is 5.94. The maximum Gasteiger partial charge on any atom is 0.202 e. The summed E-state index contributed by atoms with van der Waals surface area (Å²) < 4.78 is 4.14. The molecule has 1 aromatic rings. The van der Waals surface area contributed by atoms with Crippen molar-refractivity contribution in [1.29, 1.82) is 0 Å². The molecule has 1 aromatic heterocycles. The van der Waals surface area contributed by atoms with Gasteiger partial charge in [0.1, 0.15) is 5.82 Å². The predicted molar refractivity (Wildman–Crippen MR) is 64.7 cm³/mol. The second-order valence-corrected chi connectivity index (χ2v) is 5.19. The van der Waals surface area contributed by atoms with Crippen LogP contribution in [-0.4, -0.2) is 21.8 Å². The van der Waals surface area contributed by atoms with Crippen LogP contribution in [0, 0.1) is 18.8 Å². The molecule has 1 aliphatic carbocycles. The van der Waals surface area contributed by atoms with Gasteiger partial charge in [-0.15, -0.1) is 11.6 Å². The summed E-state index contributed by atoms with van der Waals surface area (Å²) >= 11 is 7.37. The van der Waals surface area contributed by atoms with Gasteiger partial charge in [-0.3, -0.25) is 0 Å². The number of nitrogens with zero attached hydrogens (tertiary/aromatic N) is 2. The minimum Gasteiger partial charge on any atom is -0.360 e. The second-order valence-electron chi connectivity index (χ2n) is 4.13. The minimum atomic E-state index is 0.688. The van der Waals surface area contributed by atoms with E-state index in [-0.39, 0.29) is 0 Å². The lowest BCUT2D eigenvalue weighted by molar-refractivity contribution is 0.444. The Hall–Kier alpha value is -0.350. The van der Waals surface area contributed by atoms with Gasteiger partial charge in [0.25, 0.3) is 0 Å². The summed E-state index contributed by atoms with van der Waals surface area (Å²) in [6.07, 6.45) is 3.89. The van der Waals surface area contributed by atoms with E-state index >= 15 is 0 Å². The molecule has 15 heavy (non-hydrogen) atoms. The van der Waals surface area contributed by atoms with Crippen molar-refractivity contribution in [2.45, 2.75) is 26.2 Å². The highest BCUT2D eigenvalue weighted by atomic mass is 35.5. The first-order valence-corrected chi connectivity index (χ1v) is 6.70. The van der Waals surface area contributed by atoms with Crippen molar-refractivity contribution in [3.8, 4) is 0 Å². The second kappa shape index (κ2) is 5.12. The van der Waals surface area contributed by atoms with Crippen LogP contribution in [0.3, 0.4) is 0 Å². The SMILES string of the molecule is Cc1nsc(NCC2CCCC2CCl)n1. The fourth-order valence-electron chi connectivity index (χ4n) is 2.17. The Morgan fingerprint density at radius 3 is 2.93 bits per heavy atom. The van der Waals surface area contributed by atoms with E-state index < -0.39 is 0 Å². The highest BCUT2D eigenvalue weighted by molar-refractivity contribution is 7.09. The third kappa shape index (κ3) is 2.82. The molecule has 84 valence electrons. The molecule has 1 saturated carbocycles. The molecule has 0 aromatic carbocycles. The summed E-state index contributed by atoms with van der Waals surface area (Å²) in [6.45, 7) is 2.91. The van der Waals surface area contributed by atoms with Gasteiger partial charge in [0, 0.05) is 24.0 Å². The van der Waals surface area contributed by atoms with Crippen molar-refractivity contribution in [3.05, 3.63) is 5.82 Å². The van der Waals surface area contributed by atoms with E-state index in [1.165, 1.54) is 30.8 Å². The number of alkyl halides is 1. The smallest absolute Gasteiger partial charge is 0.202 e. The highest BCUT2D eigenvalue weighted by Crippen LogP contribution is 2.32. The maximum absolute atomic E-state index is 5.94. The highest BCUT2D eigenvalue weighted by Gasteiger charge is 2.26. The Morgan fingerprint density at radius 2 is 2.27 bits per heavy atom. The molecule has 2 unspecified atom stereocenters. The van der Waals surface area contributed by atoms with Crippen molar-refractivity contribution in [3.63, 3.8) is 0 Å². The van der Waals surface area contributed by atoms with Crippen LogP contribution in [0.2, 0.25) is 0 Å². The Kier molecular flexibility index (Phi) is 3.81. The van der Waals surface area contributed by atoms with E-state index in [2.05, 4.69) is 14.7 Å². The molecule has 0 saturated heterocycles. The number of aromatic nitrogens is 2. The molecule has 0 aliphatic heterocycles. The van der Waals surface area contributed by atoms with E-state index in [4.69, 9.17) is 11.6 Å². The number of halogens is 1. The summed E-state index contributed by atoms with van der Waals surface area (Å²) in [5, 5.41) is 4.30. The van der Waals surface area contributed by atoms with Gasteiger partial charge in [-0.05, 0) is 31.6 Å². The van der Waals surface area contributed by atoms with E-state index in [0.29, 0.717) is 11.8 Å². The van der Waals surface area contributed by atoms with Gasteiger partial charge in [-0.1, -0.05) is 6.42 Å². The van der Waals surface area contributed by atoms with Gasteiger partial charge in [-0.2, -0.15) is 4.37 Å². The number of hydrogen-bond acceptors (Lipinski definition) is 4. The summed E-state index contributed by atoms with van der Waals surface area (Å²) in [6, 6.07) is 0. The molecule has 5 heteroatoms. The zero-order valence-electron chi connectivity index (χ0n) is 8.87. The molecule has 1 fully saturated rings. The van der Waals surface area contributed by atoms with Gasteiger partial charge in [-0.25, -0.2) is 4.98 Å². The van der Waals surface area contributed by atoms with Crippen LogP contribution in [0.25, 0.3) is 0 Å². The van der Waals surface area contributed by atoms with Crippen LogP contribution in [-0.2, 0) is 0 Å². The van der Waals surface area contributed by atoms with Crippen molar-refractivity contribution in [2.24, 2.45) is 11.8 Å². The van der Waals surface area contributed by atoms with Crippen LogP contribution < -0.4 is 5.32 Å². The molecule has 0 bridgehead atoms. The molecular formula is C10H16ClN3S. The lowest BCUT2D eigenvalue weighted by atomic mass is 9.98. The molecule has 3 nitrogen and oxygen atoms in total. The first-order valence-electron chi connectivity index (χ1n) is 5.39. The normalized spacial score (nSPS) is 25.7. The van der Waals surface area contributed by atoms with Crippen molar-refractivity contribution in [2.75, 3.05) is 17.7 Å². The Balaban J connectivity index is 1.82. The van der Waals surface area contributed by atoms with Crippen LogP contribution >= 0.6 is 23.1 Å². The van der Waals surface area contributed by atoms with Gasteiger partial charge < -0.3 is 5.32 Å². The number of anilines is 1. The Morgan fingerprint density at radius 1 is 1.47 bits per heavy atom. The van der Waals surface area contributed by atoms with E-state index in [9.17, 15) is 0 Å². The number of nitrogens with one attached hydrogen (secondary N) is 1. The van der Waals surface area contributed by atoms with E-state index in [0.717, 1.165) is 23.4 Å². The summed E-state index contributed by atoms with van der Waals surface area (Å²) in [5.41, 5.74) is 0. The number of hydrogen-bond donors (Lipinski definition) is 1. The van der Waals surface area contributed by atoms with Crippen LogP contribution in [0.15, 0.2) is 0 Å². The lowest BCUT2D eigenvalue weighted by Crippen LogP contribution is -2.19. The van der Waals surface area contributed by atoms with Crippen molar-refractivity contribution >= 4 is 28.3 Å². The fraction of sp³-hybridized carbons (Fsp3) is 0.800. The molecule has 0 amide bonds. The number of aryl methyl sites for hydroxylation is 1. The van der Waals surface area contributed by atoms with Gasteiger partial charge in [0.2, 0.25) is 5.13 Å². The summed E-state index contributed by atoms with van der Waals surface area (Å²) in [5.74, 6) is 3.05. The average Bonchev–Trinajstić information content (AvgIpc) is 2.83. The zero-order chi connectivity index (χ0) is 10.7. The average molecular weight is 246 g/mol. The van der Waals surface area contributed by atoms with Crippen molar-refractivity contribution < 1.29 is 0 Å². The largest absolute Gasteiger partial charge is 0.360 e. The van der Waals surface area contributed by atoms with Crippen molar-refractivity contribution in [1.82, 2.24) is 9.36 Å². The Bertz CT molecular complexity index is 315. The van der Waals surface area contributed by atoms with Gasteiger partial charge >= 0.3 is 0 Å². The molecule has 0 spiro atoms. The summed E-state index contributed by atoms with van der Waals surface area (Å²) in [7, 11) is 0. The predicted octanol–water partition coefficient (Wildman–Crippen LogP) is 2.91. The summed E-state index contributed by atoms with van der Waals surface area (Å²) in [4.78, 5) is 4.29. The molecule has 1 aliphatic rings. The molecule has 2 rings (SSSR count). The van der Waals surface area contributed by atoms with Crippen LogP contribution in [0.1, 0.15) is 25.1 Å².